The number of aromatic nitrogens is 5. The Bertz CT molecular complexity index is 480. The summed E-state index contributed by atoms with van der Waals surface area (Å²) < 4.78 is 0. The molecule has 0 amide bonds. The Kier molecular flexibility index (Phi) is 2.44. The molecule has 3 rings (SSSR count). The molecule has 0 aromatic carbocycles. The van der Waals surface area contributed by atoms with Gasteiger partial charge < -0.3 is 10.3 Å². The average molecular weight is 232 g/mol. The molecule has 0 unspecified atom stereocenters. The molecule has 0 radical (unpaired) electrons. The molecule has 0 saturated carbocycles. The lowest BCUT2D eigenvalue weighted by Crippen LogP contribution is -2.41. The van der Waals surface area contributed by atoms with Crippen LogP contribution in [0.4, 0.5) is 0 Å². The molecule has 6 nitrogen and oxygen atoms in total. The molecule has 3 heterocycles. The van der Waals surface area contributed by atoms with E-state index in [4.69, 9.17) is 0 Å². The number of hydrogen-bond acceptors (Lipinski definition) is 4. The molecule has 6 heteroatoms. The number of aryl methyl sites for hydroxylation is 1. The zero-order chi connectivity index (χ0) is 11.7. The van der Waals surface area contributed by atoms with E-state index in [0.717, 1.165) is 31.8 Å². The number of nitrogens with one attached hydrogen (secondary N) is 2. The van der Waals surface area contributed by atoms with Crippen LogP contribution in [0.3, 0.4) is 0 Å². The van der Waals surface area contributed by atoms with E-state index in [1.165, 1.54) is 10.4 Å². The molecule has 17 heavy (non-hydrogen) atoms. The van der Waals surface area contributed by atoms with Crippen molar-refractivity contribution in [1.29, 1.82) is 0 Å². The minimum atomic E-state index is -0.0838. The maximum atomic E-state index is 4.42. The van der Waals surface area contributed by atoms with Crippen LogP contribution in [0.25, 0.3) is 0 Å². The average Bonchev–Trinajstić information content (AvgIpc) is 3.01. The first kappa shape index (κ1) is 10.5. The van der Waals surface area contributed by atoms with E-state index in [0.29, 0.717) is 0 Å². The minimum absolute atomic E-state index is 0.0838. The van der Waals surface area contributed by atoms with Gasteiger partial charge in [0, 0.05) is 12.4 Å². The van der Waals surface area contributed by atoms with Crippen molar-refractivity contribution in [1.82, 2.24) is 30.5 Å². The maximum Gasteiger partial charge on any atom is 0.185 e. The molecular formula is C11H16N6. The van der Waals surface area contributed by atoms with Gasteiger partial charge in [-0.05, 0) is 42.8 Å². The van der Waals surface area contributed by atoms with Crippen molar-refractivity contribution in [2.24, 2.45) is 7.05 Å². The van der Waals surface area contributed by atoms with Gasteiger partial charge in [-0.15, -0.1) is 10.2 Å². The summed E-state index contributed by atoms with van der Waals surface area (Å²) in [5.41, 5.74) is 1.17. The van der Waals surface area contributed by atoms with Crippen LogP contribution in [0.2, 0.25) is 0 Å². The van der Waals surface area contributed by atoms with Crippen LogP contribution in [0.15, 0.2) is 18.5 Å². The monoisotopic (exact) mass is 232 g/mol. The van der Waals surface area contributed by atoms with E-state index in [-0.39, 0.29) is 5.41 Å². The van der Waals surface area contributed by atoms with Gasteiger partial charge in [0.25, 0.3) is 0 Å². The molecule has 0 spiro atoms. The van der Waals surface area contributed by atoms with Gasteiger partial charge in [0.15, 0.2) is 5.82 Å². The Morgan fingerprint density at radius 1 is 1.35 bits per heavy atom. The van der Waals surface area contributed by atoms with Crippen molar-refractivity contribution in [2.75, 3.05) is 13.1 Å². The molecule has 2 aromatic heterocycles. The van der Waals surface area contributed by atoms with Crippen LogP contribution in [0.5, 0.6) is 0 Å². The van der Waals surface area contributed by atoms with E-state index < -0.39 is 0 Å². The van der Waals surface area contributed by atoms with Crippen LogP contribution in [0.1, 0.15) is 24.2 Å². The van der Waals surface area contributed by atoms with E-state index in [1.807, 2.05) is 19.4 Å². The van der Waals surface area contributed by atoms with Crippen LogP contribution in [-0.2, 0) is 12.5 Å². The number of nitrogens with zero attached hydrogens (tertiary/aromatic N) is 4. The second kappa shape index (κ2) is 3.96. The maximum absolute atomic E-state index is 4.42. The van der Waals surface area contributed by atoms with Crippen molar-refractivity contribution in [3.8, 4) is 0 Å². The van der Waals surface area contributed by atoms with Gasteiger partial charge in [0.2, 0.25) is 0 Å². The van der Waals surface area contributed by atoms with Gasteiger partial charge in [-0.25, -0.2) is 0 Å². The largest absolute Gasteiger partial charge is 0.367 e. The Hall–Kier alpha value is -1.69. The first-order valence-electron chi connectivity index (χ1n) is 5.90. The predicted octanol–water partition coefficient (Wildman–Crippen LogP) is 0.208. The van der Waals surface area contributed by atoms with Crippen molar-refractivity contribution >= 4 is 0 Å². The number of tetrazole rings is 1. The number of hydrogen-bond donors (Lipinski definition) is 2. The molecule has 0 aliphatic carbocycles. The lowest BCUT2D eigenvalue weighted by molar-refractivity contribution is 0.345. The van der Waals surface area contributed by atoms with Gasteiger partial charge in [-0.1, -0.05) is 0 Å². The quantitative estimate of drug-likeness (QED) is 0.776. The number of piperidine rings is 1. The summed E-state index contributed by atoms with van der Waals surface area (Å²) in [4.78, 5) is 4.66. The third kappa shape index (κ3) is 1.64. The summed E-state index contributed by atoms with van der Waals surface area (Å²) in [6.45, 7) is 1.98. The summed E-state index contributed by atoms with van der Waals surface area (Å²) >= 11 is 0. The first-order chi connectivity index (χ1) is 8.31. The molecular weight excluding hydrogens is 216 g/mol. The highest BCUT2D eigenvalue weighted by atomic mass is 15.6. The second-order valence-corrected chi connectivity index (χ2v) is 4.53. The van der Waals surface area contributed by atoms with E-state index in [2.05, 4.69) is 31.8 Å². The number of rotatable bonds is 2. The van der Waals surface area contributed by atoms with Crippen LogP contribution >= 0.6 is 0 Å². The van der Waals surface area contributed by atoms with E-state index >= 15 is 0 Å². The zero-order valence-electron chi connectivity index (χ0n) is 9.85. The summed E-state index contributed by atoms with van der Waals surface area (Å²) in [5.74, 6) is 0.834. The highest BCUT2D eigenvalue weighted by Crippen LogP contribution is 2.37. The highest BCUT2D eigenvalue weighted by molar-refractivity contribution is 5.31. The number of H-pyrrole nitrogens is 1. The molecule has 1 saturated heterocycles. The zero-order valence-corrected chi connectivity index (χ0v) is 9.85. The molecule has 1 aliphatic heterocycles. The second-order valence-electron chi connectivity index (χ2n) is 4.53. The molecule has 2 aromatic rings. The van der Waals surface area contributed by atoms with Crippen molar-refractivity contribution < 1.29 is 0 Å². The van der Waals surface area contributed by atoms with Gasteiger partial charge in [0.1, 0.15) is 0 Å². The molecule has 0 atom stereocenters. The SMILES string of the molecule is Cn1nnc(C2(c3cc[nH]c3)CCNCC2)n1. The Morgan fingerprint density at radius 2 is 2.18 bits per heavy atom. The smallest absolute Gasteiger partial charge is 0.185 e. The Balaban J connectivity index is 2.07. The molecule has 1 aliphatic rings. The third-order valence-corrected chi connectivity index (χ3v) is 3.54. The first-order valence-corrected chi connectivity index (χ1v) is 5.90. The van der Waals surface area contributed by atoms with Crippen LogP contribution in [-0.4, -0.2) is 38.3 Å². The van der Waals surface area contributed by atoms with E-state index in [9.17, 15) is 0 Å². The standard InChI is InChI=1S/C11H16N6/c1-17-15-10(14-16-17)11(3-6-12-7-4-11)9-2-5-13-8-9/h2,5,8,12-13H,3-4,6-7H2,1H3. The fourth-order valence-corrected chi connectivity index (χ4v) is 2.59. The number of aromatic amines is 1. The summed E-state index contributed by atoms with van der Waals surface area (Å²) in [5, 5.41) is 16.0. The Morgan fingerprint density at radius 3 is 2.76 bits per heavy atom. The van der Waals surface area contributed by atoms with Gasteiger partial charge >= 0.3 is 0 Å². The van der Waals surface area contributed by atoms with Crippen molar-refractivity contribution in [3.05, 3.63) is 29.8 Å². The normalized spacial score (nSPS) is 19.4. The fourth-order valence-electron chi connectivity index (χ4n) is 2.59. The van der Waals surface area contributed by atoms with Gasteiger partial charge in [0.05, 0.1) is 12.5 Å². The lowest BCUT2D eigenvalue weighted by atomic mass is 9.73. The molecule has 0 bridgehead atoms. The summed E-state index contributed by atoms with van der Waals surface area (Å²) in [6, 6.07) is 2.11. The molecule has 2 N–H and O–H groups in total. The van der Waals surface area contributed by atoms with Crippen molar-refractivity contribution in [3.63, 3.8) is 0 Å². The third-order valence-electron chi connectivity index (χ3n) is 3.54. The lowest BCUT2D eigenvalue weighted by Gasteiger charge is -2.34. The van der Waals surface area contributed by atoms with Gasteiger partial charge in [-0.2, -0.15) is 4.80 Å². The Labute approximate surface area is 99.4 Å². The van der Waals surface area contributed by atoms with E-state index in [1.54, 1.807) is 0 Å². The highest BCUT2D eigenvalue weighted by Gasteiger charge is 2.40. The van der Waals surface area contributed by atoms with Gasteiger partial charge in [-0.3, -0.25) is 0 Å². The predicted molar refractivity (Wildman–Crippen MR) is 62.5 cm³/mol. The topological polar surface area (TPSA) is 71.4 Å². The summed E-state index contributed by atoms with van der Waals surface area (Å²) in [6.07, 6.45) is 6.02. The summed E-state index contributed by atoms with van der Waals surface area (Å²) in [7, 11) is 1.81. The molecule has 90 valence electrons. The van der Waals surface area contributed by atoms with Crippen molar-refractivity contribution in [2.45, 2.75) is 18.3 Å². The minimum Gasteiger partial charge on any atom is -0.367 e. The molecule has 1 fully saturated rings. The fraction of sp³-hybridized carbons (Fsp3) is 0.545. The van der Waals surface area contributed by atoms with Crippen LogP contribution < -0.4 is 5.32 Å². The van der Waals surface area contributed by atoms with Crippen LogP contribution in [0, 0.1) is 0 Å².